The minimum Gasteiger partial charge on any atom is -0.394 e. The van der Waals surface area contributed by atoms with Gasteiger partial charge in [0.2, 0.25) is 5.91 Å². The number of nitrogens with two attached hydrogens (primary N) is 1. The Morgan fingerprint density at radius 1 is 1.45 bits per heavy atom. The number of nitrogens with one attached hydrogen (secondary N) is 1. The molecular formula is C13H21N5O2. The minimum absolute atomic E-state index is 0.140. The second-order valence-electron chi connectivity index (χ2n) is 5.10. The van der Waals surface area contributed by atoms with E-state index in [1.54, 1.807) is 4.68 Å². The van der Waals surface area contributed by atoms with Crippen molar-refractivity contribution >= 4 is 23.3 Å². The van der Waals surface area contributed by atoms with E-state index in [0.717, 1.165) is 18.7 Å². The molecule has 1 aliphatic rings. The van der Waals surface area contributed by atoms with Crippen molar-refractivity contribution in [2.75, 3.05) is 18.1 Å². The number of imide groups is 1. The quantitative estimate of drug-likeness (QED) is 0.793. The highest BCUT2D eigenvalue weighted by Crippen LogP contribution is 2.25. The number of hydrogen-bond acceptors (Lipinski definition) is 5. The number of rotatable bonds is 4. The van der Waals surface area contributed by atoms with Gasteiger partial charge in [-0.1, -0.05) is 6.92 Å². The minimum atomic E-state index is -0.424. The van der Waals surface area contributed by atoms with Gasteiger partial charge >= 0.3 is 0 Å². The Balaban J connectivity index is 2.21. The molecular weight excluding hydrogens is 258 g/mol. The molecule has 1 aromatic rings. The highest BCUT2D eigenvalue weighted by Gasteiger charge is 2.32. The van der Waals surface area contributed by atoms with Gasteiger partial charge in [-0.2, -0.15) is 5.10 Å². The molecule has 0 aliphatic carbocycles. The maximum absolute atomic E-state index is 12.1. The van der Waals surface area contributed by atoms with Gasteiger partial charge in [0.25, 0.3) is 5.91 Å². The van der Waals surface area contributed by atoms with E-state index in [0.29, 0.717) is 24.3 Å². The van der Waals surface area contributed by atoms with Gasteiger partial charge in [-0.3, -0.25) is 14.5 Å². The Labute approximate surface area is 118 Å². The maximum atomic E-state index is 12.1. The number of likely N-dealkylation sites (tertiary alicyclic amines) is 1. The molecule has 1 aliphatic heterocycles. The molecule has 0 saturated carbocycles. The molecule has 0 bridgehead atoms. The number of aryl methyl sites for hydroxylation is 2. The van der Waals surface area contributed by atoms with Crippen LogP contribution in [-0.4, -0.2) is 39.6 Å². The molecule has 2 heterocycles. The van der Waals surface area contributed by atoms with Gasteiger partial charge in [-0.25, -0.2) is 4.68 Å². The molecule has 7 nitrogen and oxygen atoms in total. The molecule has 20 heavy (non-hydrogen) atoms. The zero-order chi connectivity index (χ0) is 14.9. The summed E-state index contributed by atoms with van der Waals surface area (Å²) < 4.78 is 1.79. The molecule has 1 fully saturated rings. The van der Waals surface area contributed by atoms with Gasteiger partial charge in [-0.05, 0) is 19.8 Å². The topological polar surface area (TPSA) is 93.2 Å². The molecule has 0 aromatic carbocycles. The molecule has 0 radical (unpaired) electrons. The number of likely N-dealkylation sites (N-methyl/N-ethyl adjacent to an activating group) is 1. The Morgan fingerprint density at radius 3 is 2.80 bits per heavy atom. The SMILES string of the molecule is CCCn1nc(C)c(N)c1NC1CCC(=O)N(C)C1=O. The second-order valence-corrected chi connectivity index (χ2v) is 5.10. The van der Waals surface area contributed by atoms with Crippen LogP contribution in [0.5, 0.6) is 0 Å². The van der Waals surface area contributed by atoms with E-state index >= 15 is 0 Å². The van der Waals surface area contributed by atoms with Gasteiger partial charge in [0.05, 0.1) is 11.4 Å². The maximum Gasteiger partial charge on any atom is 0.251 e. The lowest BCUT2D eigenvalue weighted by Gasteiger charge is -2.29. The highest BCUT2D eigenvalue weighted by atomic mass is 16.2. The van der Waals surface area contributed by atoms with Crippen LogP contribution in [0, 0.1) is 6.92 Å². The molecule has 1 saturated heterocycles. The monoisotopic (exact) mass is 279 g/mol. The van der Waals surface area contributed by atoms with Crippen LogP contribution in [0.1, 0.15) is 31.9 Å². The van der Waals surface area contributed by atoms with Gasteiger partial charge < -0.3 is 11.1 Å². The molecule has 110 valence electrons. The normalized spacial score (nSPS) is 19.6. The van der Waals surface area contributed by atoms with Gasteiger partial charge in [0.15, 0.2) is 0 Å². The number of nitrogens with zero attached hydrogens (tertiary/aromatic N) is 3. The first-order valence-electron chi connectivity index (χ1n) is 6.85. The van der Waals surface area contributed by atoms with Crippen LogP contribution in [-0.2, 0) is 16.1 Å². The van der Waals surface area contributed by atoms with Crippen molar-refractivity contribution in [2.24, 2.45) is 0 Å². The lowest BCUT2D eigenvalue weighted by Crippen LogP contribution is -2.48. The number of amides is 2. The predicted molar refractivity (Wildman–Crippen MR) is 76.1 cm³/mol. The third-order valence-corrected chi connectivity index (χ3v) is 3.57. The van der Waals surface area contributed by atoms with E-state index in [4.69, 9.17) is 5.73 Å². The smallest absolute Gasteiger partial charge is 0.251 e. The number of carbonyl (C=O) groups excluding carboxylic acids is 2. The average molecular weight is 279 g/mol. The predicted octanol–water partition coefficient (Wildman–Crippen LogP) is 0.743. The zero-order valence-electron chi connectivity index (χ0n) is 12.1. The third-order valence-electron chi connectivity index (χ3n) is 3.57. The van der Waals surface area contributed by atoms with Crippen molar-refractivity contribution < 1.29 is 9.59 Å². The Kier molecular flexibility index (Phi) is 3.96. The van der Waals surface area contributed by atoms with E-state index in [-0.39, 0.29) is 11.8 Å². The summed E-state index contributed by atoms with van der Waals surface area (Å²) in [5.74, 6) is 0.312. The molecule has 2 amide bonds. The molecule has 3 N–H and O–H groups in total. The third kappa shape index (κ3) is 2.48. The molecule has 1 aromatic heterocycles. The van der Waals surface area contributed by atoms with Crippen molar-refractivity contribution in [3.05, 3.63) is 5.69 Å². The van der Waals surface area contributed by atoms with Crippen molar-refractivity contribution in [1.29, 1.82) is 0 Å². The fourth-order valence-electron chi connectivity index (χ4n) is 2.34. The van der Waals surface area contributed by atoms with Crippen LogP contribution in [0.2, 0.25) is 0 Å². The summed E-state index contributed by atoms with van der Waals surface area (Å²) in [4.78, 5) is 24.7. The fraction of sp³-hybridized carbons (Fsp3) is 0.615. The van der Waals surface area contributed by atoms with Gasteiger partial charge in [0, 0.05) is 20.0 Å². The summed E-state index contributed by atoms with van der Waals surface area (Å²) in [5, 5.41) is 7.52. The Bertz CT molecular complexity index is 537. The standard InChI is InChI=1S/C13H21N5O2/c1-4-7-18-12(11(14)8(2)16-18)15-9-5-6-10(19)17(3)13(9)20/h9,15H,4-7,14H2,1-3H3. The number of nitrogen functional groups attached to an aromatic ring is 1. The van der Waals surface area contributed by atoms with Gasteiger partial charge in [0.1, 0.15) is 11.9 Å². The van der Waals surface area contributed by atoms with E-state index < -0.39 is 6.04 Å². The summed E-state index contributed by atoms with van der Waals surface area (Å²) >= 11 is 0. The van der Waals surface area contributed by atoms with E-state index in [1.165, 1.54) is 11.9 Å². The first kappa shape index (κ1) is 14.4. The van der Waals surface area contributed by atoms with Crippen LogP contribution >= 0.6 is 0 Å². The average Bonchev–Trinajstić information content (AvgIpc) is 2.67. The van der Waals surface area contributed by atoms with E-state index in [1.807, 2.05) is 6.92 Å². The van der Waals surface area contributed by atoms with Crippen LogP contribution < -0.4 is 11.1 Å². The van der Waals surface area contributed by atoms with Crippen molar-refractivity contribution in [3.8, 4) is 0 Å². The van der Waals surface area contributed by atoms with E-state index in [2.05, 4.69) is 17.3 Å². The summed E-state index contributed by atoms with van der Waals surface area (Å²) in [6, 6.07) is -0.424. The Morgan fingerprint density at radius 2 is 2.15 bits per heavy atom. The lowest BCUT2D eigenvalue weighted by atomic mass is 10.0. The van der Waals surface area contributed by atoms with Crippen molar-refractivity contribution in [1.82, 2.24) is 14.7 Å². The fourth-order valence-corrected chi connectivity index (χ4v) is 2.34. The first-order valence-corrected chi connectivity index (χ1v) is 6.85. The summed E-state index contributed by atoms with van der Waals surface area (Å²) in [7, 11) is 1.51. The first-order chi connectivity index (χ1) is 9.45. The van der Waals surface area contributed by atoms with Crippen LogP contribution in [0.15, 0.2) is 0 Å². The summed E-state index contributed by atoms with van der Waals surface area (Å²) in [6.07, 6.45) is 1.77. The van der Waals surface area contributed by atoms with E-state index in [9.17, 15) is 9.59 Å². The molecule has 2 rings (SSSR count). The molecule has 1 unspecified atom stereocenters. The van der Waals surface area contributed by atoms with Crippen LogP contribution in [0.4, 0.5) is 11.5 Å². The number of anilines is 2. The van der Waals surface area contributed by atoms with Crippen LogP contribution in [0.25, 0.3) is 0 Å². The van der Waals surface area contributed by atoms with Crippen LogP contribution in [0.3, 0.4) is 0 Å². The van der Waals surface area contributed by atoms with Crippen molar-refractivity contribution in [3.63, 3.8) is 0 Å². The molecule has 0 spiro atoms. The summed E-state index contributed by atoms with van der Waals surface area (Å²) in [6.45, 7) is 4.62. The molecule has 7 heteroatoms. The number of aromatic nitrogens is 2. The lowest BCUT2D eigenvalue weighted by molar-refractivity contribution is -0.146. The van der Waals surface area contributed by atoms with Crippen molar-refractivity contribution in [2.45, 2.75) is 45.7 Å². The van der Waals surface area contributed by atoms with Gasteiger partial charge in [-0.15, -0.1) is 0 Å². The zero-order valence-corrected chi connectivity index (χ0v) is 12.1. The largest absolute Gasteiger partial charge is 0.394 e. The highest BCUT2D eigenvalue weighted by molar-refractivity contribution is 6.01. The second kappa shape index (κ2) is 5.52. The number of carbonyl (C=O) groups is 2. The Hall–Kier alpha value is -2.05. The molecule has 1 atom stereocenters. The summed E-state index contributed by atoms with van der Waals surface area (Å²) in [5.41, 5.74) is 7.33. The number of piperidine rings is 1. The number of hydrogen-bond donors (Lipinski definition) is 2.